The molecule has 2 aromatic carbocycles. The summed E-state index contributed by atoms with van der Waals surface area (Å²) >= 11 is 0. The zero-order valence-corrected chi connectivity index (χ0v) is 19.6. The van der Waals surface area contributed by atoms with Gasteiger partial charge in [0.15, 0.2) is 11.5 Å². The van der Waals surface area contributed by atoms with E-state index in [2.05, 4.69) is 10.2 Å². The molecule has 1 fully saturated rings. The molecule has 1 saturated heterocycles. The average Bonchev–Trinajstić information content (AvgIpc) is 2.86. The van der Waals surface area contributed by atoms with Gasteiger partial charge in [-0.15, -0.1) is 0 Å². The Balaban J connectivity index is 1.44. The molecule has 33 heavy (non-hydrogen) atoms. The van der Waals surface area contributed by atoms with Crippen molar-refractivity contribution < 1.29 is 23.8 Å². The molecule has 178 valence electrons. The number of hydrogen-bond donors (Lipinski definition) is 1. The predicted octanol–water partition coefficient (Wildman–Crippen LogP) is 2.11. The van der Waals surface area contributed by atoms with Crippen LogP contribution in [0.1, 0.15) is 17.5 Å². The predicted molar refractivity (Wildman–Crippen MR) is 126 cm³/mol. The van der Waals surface area contributed by atoms with Gasteiger partial charge in [0.25, 0.3) is 0 Å². The molecule has 0 bridgehead atoms. The van der Waals surface area contributed by atoms with Crippen LogP contribution in [0.5, 0.6) is 17.2 Å². The second kappa shape index (κ2) is 12.1. The number of nitrogens with one attached hydrogen (secondary N) is 1. The van der Waals surface area contributed by atoms with E-state index in [0.29, 0.717) is 69.4 Å². The van der Waals surface area contributed by atoms with Crippen molar-refractivity contribution in [2.45, 2.75) is 19.4 Å². The minimum Gasteiger partial charge on any atom is -0.493 e. The van der Waals surface area contributed by atoms with E-state index in [1.165, 1.54) is 0 Å². The van der Waals surface area contributed by atoms with Crippen molar-refractivity contribution in [1.82, 2.24) is 15.1 Å². The Labute approximate surface area is 195 Å². The second-order valence-corrected chi connectivity index (χ2v) is 7.91. The molecule has 3 rings (SSSR count). The van der Waals surface area contributed by atoms with Crippen LogP contribution in [-0.2, 0) is 22.6 Å². The number of aryl methyl sites for hydroxylation is 1. The lowest BCUT2D eigenvalue weighted by molar-refractivity contribution is -0.133. The maximum atomic E-state index is 12.8. The fourth-order valence-electron chi connectivity index (χ4n) is 3.97. The Morgan fingerprint density at radius 1 is 0.879 bits per heavy atom. The van der Waals surface area contributed by atoms with E-state index in [4.69, 9.17) is 14.2 Å². The number of methoxy groups -OCH3 is 3. The molecule has 8 nitrogen and oxygen atoms in total. The summed E-state index contributed by atoms with van der Waals surface area (Å²) in [5, 5.41) is 2.95. The Bertz CT molecular complexity index is 927. The molecule has 2 amide bonds. The standard InChI is InChI=1S/C25H33N3O5/c1-31-21-11-9-20(24(32-2)25(21)33-3)10-12-23(30)28-15-13-27(14-16-28)18-22(29)26-17-19-7-5-4-6-8-19/h4-9,11H,10,12-18H2,1-3H3,(H,26,29). The quantitative estimate of drug-likeness (QED) is 0.591. The number of carbonyl (C=O) groups excluding carboxylic acids is 2. The van der Waals surface area contributed by atoms with Crippen molar-refractivity contribution in [3.05, 3.63) is 53.6 Å². The maximum absolute atomic E-state index is 12.8. The first-order chi connectivity index (χ1) is 16.0. The lowest BCUT2D eigenvalue weighted by Crippen LogP contribution is -2.51. The van der Waals surface area contributed by atoms with E-state index in [1.54, 1.807) is 21.3 Å². The first-order valence-electron chi connectivity index (χ1n) is 11.1. The number of piperazine rings is 1. The topological polar surface area (TPSA) is 80.3 Å². The third-order valence-corrected chi connectivity index (χ3v) is 5.82. The van der Waals surface area contributed by atoms with Crippen LogP contribution in [0.15, 0.2) is 42.5 Å². The molecule has 0 saturated carbocycles. The van der Waals surface area contributed by atoms with Crippen molar-refractivity contribution in [3.63, 3.8) is 0 Å². The summed E-state index contributed by atoms with van der Waals surface area (Å²) < 4.78 is 16.3. The number of carbonyl (C=O) groups is 2. The van der Waals surface area contributed by atoms with Crippen LogP contribution in [0.4, 0.5) is 0 Å². The van der Waals surface area contributed by atoms with E-state index in [1.807, 2.05) is 47.4 Å². The third-order valence-electron chi connectivity index (χ3n) is 5.82. The summed E-state index contributed by atoms with van der Waals surface area (Å²) in [5.74, 6) is 1.81. The van der Waals surface area contributed by atoms with Gasteiger partial charge in [0, 0.05) is 39.1 Å². The molecule has 0 aromatic heterocycles. The molecule has 0 atom stereocenters. The molecular weight excluding hydrogens is 422 g/mol. The van der Waals surface area contributed by atoms with E-state index >= 15 is 0 Å². The molecule has 1 heterocycles. The molecule has 1 aliphatic heterocycles. The molecular formula is C25H33N3O5. The summed E-state index contributed by atoms with van der Waals surface area (Å²) in [6.45, 7) is 3.48. The highest BCUT2D eigenvalue weighted by Gasteiger charge is 2.23. The fourth-order valence-corrected chi connectivity index (χ4v) is 3.97. The summed E-state index contributed by atoms with van der Waals surface area (Å²) in [4.78, 5) is 29.0. The van der Waals surface area contributed by atoms with Crippen LogP contribution in [0.2, 0.25) is 0 Å². The second-order valence-electron chi connectivity index (χ2n) is 7.91. The lowest BCUT2D eigenvalue weighted by atomic mass is 10.1. The van der Waals surface area contributed by atoms with Gasteiger partial charge in [0.2, 0.25) is 17.6 Å². The van der Waals surface area contributed by atoms with Gasteiger partial charge in [0.1, 0.15) is 0 Å². The molecule has 1 aliphatic rings. The summed E-state index contributed by atoms with van der Waals surface area (Å²) in [6, 6.07) is 13.6. The van der Waals surface area contributed by atoms with Crippen molar-refractivity contribution in [2.75, 3.05) is 54.1 Å². The van der Waals surface area contributed by atoms with E-state index in [0.717, 1.165) is 11.1 Å². The highest BCUT2D eigenvalue weighted by atomic mass is 16.5. The van der Waals surface area contributed by atoms with Gasteiger partial charge < -0.3 is 24.4 Å². The number of benzene rings is 2. The molecule has 2 aromatic rings. The number of amides is 2. The smallest absolute Gasteiger partial charge is 0.234 e. The third kappa shape index (κ3) is 6.61. The van der Waals surface area contributed by atoms with Crippen molar-refractivity contribution >= 4 is 11.8 Å². The Morgan fingerprint density at radius 2 is 1.58 bits per heavy atom. The Kier molecular flexibility index (Phi) is 8.95. The SMILES string of the molecule is COc1ccc(CCC(=O)N2CCN(CC(=O)NCc3ccccc3)CC2)c(OC)c1OC. The average molecular weight is 456 g/mol. The highest BCUT2D eigenvalue weighted by molar-refractivity contribution is 5.78. The van der Waals surface area contributed by atoms with Gasteiger partial charge >= 0.3 is 0 Å². The van der Waals surface area contributed by atoms with E-state index < -0.39 is 0 Å². The maximum Gasteiger partial charge on any atom is 0.234 e. The van der Waals surface area contributed by atoms with Crippen molar-refractivity contribution in [3.8, 4) is 17.2 Å². The van der Waals surface area contributed by atoms with Crippen LogP contribution in [0.3, 0.4) is 0 Å². The van der Waals surface area contributed by atoms with Gasteiger partial charge in [-0.3, -0.25) is 14.5 Å². The molecule has 0 spiro atoms. The molecule has 8 heteroatoms. The molecule has 1 N–H and O–H groups in total. The molecule has 0 aliphatic carbocycles. The summed E-state index contributed by atoms with van der Waals surface area (Å²) in [6.07, 6.45) is 0.924. The zero-order chi connectivity index (χ0) is 23.6. The number of hydrogen-bond acceptors (Lipinski definition) is 6. The van der Waals surface area contributed by atoms with Gasteiger partial charge in [-0.25, -0.2) is 0 Å². The van der Waals surface area contributed by atoms with Crippen molar-refractivity contribution in [1.29, 1.82) is 0 Å². The zero-order valence-electron chi connectivity index (χ0n) is 19.6. The van der Waals surface area contributed by atoms with Crippen LogP contribution in [-0.4, -0.2) is 75.7 Å². The normalized spacial score (nSPS) is 14.0. The van der Waals surface area contributed by atoms with Crippen LogP contribution in [0, 0.1) is 0 Å². The van der Waals surface area contributed by atoms with E-state index in [9.17, 15) is 9.59 Å². The molecule has 0 radical (unpaired) electrons. The summed E-state index contributed by atoms with van der Waals surface area (Å²) in [5.41, 5.74) is 1.98. The largest absolute Gasteiger partial charge is 0.493 e. The Hall–Kier alpha value is -3.26. The monoisotopic (exact) mass is 455 g/mol. The number of ether oxygens (including phenoxy) is 3. The van der Waals surface area contributed by atoms with Crippen LogP contribution < -0.4 is 19.5 Å². The Morgan fingerprint density at radius 3 is 2.21 bits per heavy atom. The van der Waals surface area contributed by atoms with Gasteiger partial charge in [-0.05, 0) is 23.6 Å². The fraction of sp³-hybridized carbons (Fsp3) is 0.440. The number of rotatable bonds is 10. The van der Waals surface area contributed by atoms with Gasteiger partial charge in [-0.2, -0.15) is 0 Å². The molecule has 0 unspecified atom stereocenters. The minimum absolute atomic E-state index is 0.000761. The highest BCUT2D eigenvalue weighted by Crippen LogP contribution is 2.40. The van der Waals surface area contributed by atoms with Gasteiger partial charge in [0.05, 0.1) is 27.9 Å². The van der Waals surface area contributed by atoms with Crippen molar-refractivity contribution in [2.24, 2.45) is 0 Å². The van der Waals surface area contributed by atoms with Gasteiger partial charge in [-0.1, -0.05) is 36.4 Å². The lowest BCUT2D eigenvalue weighted by Gasteiger charge is -2.34. The van der Waals surface area contributed by atoms with E-state index in [-0.39, 0.29) is 11.8 Å². The first-order valence-corrected chi connectivity index (χ1v) is 11.1. The van der Waals surface area contributed by atoms with Crippen LogP contribution in [0.25, 0.3) is 0 Å². The first kappa shape index (κ1) is 24.4. The minimum atomic E-state index is -0.000761. The van der Waals surface area contributed by atoms with Crippen LogP contribution >= 0.6 is 0 Å². The number of nitrogens with zero attached hydrogens (tertiary/aromatic N) is 2. The summed E-state index contributed by atoms with van der Waals surface area (Å²) in [7, 11) is 4.72.